The van der Waals surface area contributed by atoms with Gasteiger partial charge in [0.25, 0.3) is 0 Å². The first-order valence-corrected chi connectivity index (χ1v) is 32.9. The van der Waals surface area contributed by atoms with E-state index < -0.39 is 0 Å². The van der Waals surface area contributed by atoms with Crippen LogP contribution in [0.25, 0.3) is 100 Å². The molecule has 0 saturated carbocycles. The monoisotopic (exact) mass is 1220 g/mol. The van der Waals surface area contributed by atoms with Crippen molar-refractivity contribution in [2.45, 2.75) is 0 Å². The molecule has 0 aliphatic rings. The van der Waals surface area contributed by atoms with Crippen molar-refractivity contribution in [1.29, 1.82) is 0 Å². The van der Waals surface area contributed by atoms with Gasteiger partial charge < -0.3 is 9.80 Å². The lowest BCUT2D eigenvalue weighted by molar-refractivity contribution is 1.28. The van der Waals surface area contributed by atoms with Crippen LogP contribution in [0, 0.1) is 0 Å². The molecule has 0 heterocycles. The van der Waals surface area contributed by atoms with Crippen molar-refractivity contribution in [2.24, 2.45) is 0 Å². The molecule has 0 amide bonds. The van der Waals surface area contributed by atoms with Crippen LogP contribution >= 0.6 is 0 Å². The predicted molar refractivity (Wildman–Crippen MR) is 410 cm³/mol. The highest BCUT2D eigenvalue weighted by atomic mass is 15.1. The van der Waals surface area contributed by atoms with Gasteiger partial charge in [0.1, 0.15) is 0 Å². The quantitative estimate of drug-likeness (QED) is 0.0703. The molecule has 16 aromatic carbocycles. The highest BCUT2D eigenvalue weighted by Crippen LogP contribution is 2.43. The minimum Gasteiger partial charge on any atom is -0.311 e. The van der Waals surface area contributed by atoms with Gasteiger partial charge in [0, 0.05) is 34.1 Å². The van der Waals surface area contributed by atoms with Crippen LogP contribution in [-0.2, 0) is 0 Å². The first-order valence-electron chi connectivity index (χ1n) is 32.9. The first kappa shape index (κ1) is 58.5. The lowest BCUT2D eigenvalue weighted by atomic mass is 9.88. The second-order valence-corrected chi connectivity index (χ2v) is 24.4. The third-order valence-corrected chi connectivity index (χ3v) is 18.5. The van der Waals surface area contributed by atoms with Crippen molar-refractivity contribution in [1.82, 2.24) is 0 Å². The van der Waals surface area contributed by atoms with Crippen molar-refractivity contribution in [2.75, 3.05) is 9.80 Å². The molecule has 16 aromatic rings. The van der Waals surface area contributed by atoms with Gasteiger partial charge in [-0.1, -0.05) is 309 Å². The van der Waals surface area contributed by atoms with Gasteiger partial charge in [-0.25, -0.2) is 0 Å². The Kier molecular flexibility index (Phi) is 16.2. The molecule has 0 atom stereocenters. The van der Waals surface area contributed by atoms with Crippen LogP contribution in [0.1, 0.15) is 33.4 Å². The molecule has 96 heavy (non-hydrogen) atoms. The van der Waals surface area contributed by atoms with E-state index in [1.54, 1.807) is 0 Å². The maximum atomic E-state index is 2.42. The Bertz CT molecular complexity index is 5320. The smallest absolute Gasteiger partial charge is 0.0462 e. The van der Waals surface area contributed by atoms with E-state index in [4.69, 9.17) is 0 Å². The van der Waals surface area contributed by atoms with Gasteiger partial charge in [0.15, 0.2) is 0 Å². The first-order chi connectivity index (χ1) is 47.6. The minimum atomic E-state index is 1.09. The summed E-state index contributed by atoms with van der Waals surface area (Å²) in [6.07, 6.45) is 4.58. The van der Waals surface area contributed by atoms with Crippen LogP contribution in [0.5, 0.6) is 0 Å². The van der Waals surface area contributed by atoms with Gasteiger partial charge in [-0.05, 0) is 212 Å². The van der Waals surface area contributed by atoms with Crippen molar-refractivity contribution >= 4 is 89.7 Å². The summed E-state index contributed by atoms with van der Waals surface area (Å²) in [5.41, 5.74) is 25.5. The molecule has 0 aliphatic heterocycles. The number of benzene rings is 16. The Labute approximate surface area is 562 Å². The van der Waals surface area contributed by atoms with E-state index in [9.17, 15) is 0 Å². The summed E-state index contributed by atoms with van der Waals surface area (Å²) >= 11 is 0. The molecule has 0 spiro atoms. The van der Waals surface area contributed by atoms with Gasteiger partial charge in [-0.3, -0.25) is 0 Å². The lowest BCUT2D eigenvalue weighted by Gasteiger charge is -2.26. The topological polar surface area (TPSA) is 6.48 Å². The summed E-state index contributed by atoms with van der Waals surface area (Å²) in [4.78, 5) is 4.66. The second kappa shape index (κ2) is 26.5. The average Bonchev–Trinajstić information content (AvgIpc) is 0.749. The molecule has 2 heteroatoms. The normalized spacial score (nSPS) is 11.1. The van der Waals surface area contributed by atoms with Crippen LogP contribution < -0.4 is 9.80 Å². The SMILES string of the molecule is C(=C(c1ccccc1)c1ccccc1)c1ccc(N(c2ccccc2)c2ccc(-c3ccc(-c4cc5c6cccc(-c7ccc(-c8ccc(N(c9ccccc9)c9ccc(C=C(c%10ccccc%10)c%10ccccc%10)cc9)cc8)cc7)c6ccc5c5ccccc45)cc3)cc2)cc1. The van der Waals surface area contributed by atoms with Crippen LogP contribution in [-0.4, -0.2) is 0 Å². The molecule has 0 aliphatic carbocycles. The van der Waals surface area contributed by atoms with E-state index in [1.807, 2.05) is 0 Å². The van der Waals surface area contributed by atoms with Gasteiger partial charge in [-0.15, -0.1) is 0 Å². The Morgan fingerprint density at radius 3 is 0.833 bits per heavy atom. The van der Waals surface area contributed by atoms with Crippen molar-refractivity contribution in [3.05, 3.63) is 422 Å². The molecule has 0 aromatic heterocycles. The van der Waals surface area contributed by atoms with E-state index in [-0.39, 0.29) is 0 Å². The van der Waals surface area contributed by atoms with E-state index >= 15 is 0 Å². The molecule has 452 valence electrons. The van der Waals surface area contributed by atoms with Gasteiger partial charge >= 0.3 is 0 Å². The van der Waals surface area contributed by atoms with Gasteiger partial charge in [0.2, 0.25) is 0 Å². The summed E-state index contributed by atoms with van der Waals surface area (Å²) in [6.45, 7) is 0. The molecule has 0 saturated heterocycles. The molecule has 0 radical (unpaired) electrons. The Balaban J connectivity index is 0.656. The summed E-state index contributed by atoms with van der Waals surface area (Å²) in [7, 11) is 0. The fourth-order valence-corrected chi connectivity index (χ4v) is 13.7. The van der Waals surface area contributed by atoms with Crippen LogP contribution in [0.2, 0.25) is 0 Å². The zero-order chi connectivity index (χ0) is 64.0. The molecular weight excluding hydrogens is 1160 g/mol. The largest absolute Gasteiger partial charge is 0.311 e. The number of anilines is 6. The standard InChI is InChI=1S/C94H66N2/c1-7-22-73(23-8-1)91(74-24-9-2-10-25-74)64-67-38-54-81(55-39-67)95(79-30-15-5-16-31-79)83-58-50-71(51-59-83)69-42-46-77(47-43-69)85-36-21-37-88-89(85)62-63-90-86-34-19-20-35-87(86)93(66-94(88)90)78-48-44-70(45-49-78)72-52-60-84(61-53-72)96(80-32-17-6-18-33-80)82-56-40-68(41-57-82)65-92(75-26-11-3-12-27-75)76-28-13-4-14-29-76/h1-66H. The zero-order valence-electron chi connectivity index (χ0n) is 53.0. The fraction of sp³-hybridized carbons (Fsp3) is 0. The van der Waals surface area contributed by atoms with Crippen LogP contribution in [0.3, 0.4) is 0 Å². The average molecular weight is 1220 g/mol. The van der Waals surface area contributed by atoms with Crippen molar-refractivity contribution < 1.29 is 0 Å². The number of hydrogen-bond donors (Lipinski definition) is 0. The minimum absolute atomic E-state index is 1.09. The molecular formula is C94H66N2. The van der Waals surface area contributed by atoms with E-state index in [0.717, 1.165) is 56.4 Å². The van der Waals surface area contributed by atoms with E-state index in [2.05, 4.69) is 410 Å². The number of nitrogens with zero attached hydrogens (tertiary/aromatic N) is 2. The Morgan fingerprint density at radius 1 is 0.177 bits per heavy atom. The fourth-order valence-electron chi connectivity index (χ4n) is 13.7. The second-order valence-electron chi connectivity index (χ2n) is 24.4. The number of fused-ring (bicyclic) bond motifs is 5. The summed E-state index contributed by atoms with van der Waals surface area (Å²) in [6, 6.07) is 141. The lowest BCUT2D eigenvalue weighted by Crippen LogP contribution is -2.09. The highest BCUT2D eigenvalue weighted by Gasteiger charge is 2.18. The van der Waals surface area contributed by atoms with E-state index in [1.165, 1.54) is 99.1 Å². The highest BCUT2D eigenvalue weighted by molar-refractivity contribution is 6.22. The summed E-state index contributed by atoms with van der Waals surface area (Å²) in [5.74, 6) is 0. The molecule has 0 bridgehead atoms. The Morgan fingerprint density at radius 2 is 0.438 bits per heavy atom. The third-order valence-electron chi connectivity index (χ3n) is 18.5. The molecule has 0 fully saturated rings. The molecule has 16 rings (SSSR count). The van der Waals surface area contributed by atoms with E-state index in [0.29, 0.717) is 0 Å². The zero-order valence-corrected chi connectivity index (χ0v) is 53.0. The number of rotatable bonds is 16. The van der Waals surface area contributed by atoms with Crippen molar-refractivity contribution in [3.63, 3.8) is 0 Å². The molecule has 0 unspecified atom stereocenters. The predicted octanol–water partition coefficient (Wildman–Crippen LogP) is 25.9. The Hall–Kier alpha value is -12.6. The maximum absolute atomic E-state index is 2.42. The van der Waals surface area contributed by atoms with Gasteiger partial charge in [-0.2, -0.15) is 0 Å². The molecule has 0 N–H and O–H groups in total. The summed E-state index contributed by atoms with van der Waals surface area (Å²) in [5, 5.41) is 7.46. The third kappa shape index (κ3) is 12.0. The maximum Gasteiger partial charge on any atom is 0.0462 e. The van der Waals surface area contributed by atoms with Crippen LogP contribution in [0.4, 0.5) is 34.1 Å². The van der Waals surface area contributed by atoms with Crippen LogP contribution in [0.15, 0.2) is 388 Å². The van der Waals surface area contributed by atoms with Crippen molar-refractivity contribution in [3.8, 4) is 44.5 Å². The van der Waals surface area contributed by atoms with Gasteiger partial charge in [0.05, 0.1) is 0 Å². The number of para-hydroxylation sites is 2. The number of hydrogen-bond acceptors (Lipinski definition) is 2. The summed E-state index contributed by atoms with van der Waals surface area (Å²) < 4.78 is 0. The molecule has 2 nitrogen and oxygen atoms in total.